The van der Waals surface area contributed by atoms with E-state index in [9.17, 15) is 28.8 Å². The third-order valence-electron chi connectivity index (χ3n) is 15.1. The Balaban J connectivity index is 0.000000153. The van der Waals surface area contributed by atoms with Crippen molar-refractivity contribution < 1.29 is 28.8 Å². The number of ketones is 3. The normalized spacial score (nSPS) is 13.0. The Morgan fingerprint density at radius 3 is 1.12 bits per heavy atom. The van der Waals surface area contributed by atoms with Crippen LogP contribution in [0.15, 0.2) is 216 Å². The highest BCUT2D eigenvalue weighted by molar-refractivity contribution is 6.31. The van der Waals surface area contributed by atoms with Crippen molar-refractivity contribution in [3.8, 4) is 0 Å². The second kappa shape index (κ2) is 32.0. The summed E-state index contributed by atoms with van der Waals surface area (Å²) in [6.45, 7) is 8.06. The summed E-state index contributed by atoms with van der Waals surface area (Å²) in [4.78, 5) is 105. The van der Waals surface area contributed by atoms with E-state index in [-0.39, 0.29) is 54.3 Å². The van der Waals surface area contributed by atoms with Crippen LogP contribution in [0.4, 0.5) is 17.5 Å². The fourth-order valence-electron chi connectivity index (χ4n) is 10.2. The molecule has 6 aromatic carbocycles. The van der Waals surface area contributed by atoms with Gasteiger partial charge in [-0.2, -0.15) is 0 Å². The molecule has 3 amide bonds. The van der Waals surface area contributed by atoms with Crippen LogP contribution in [0.3, 0.4) is 0 Å². The number of rotatable bonds is 19. The molecule has 9 aromatic rings. The molecule has 0 unspecified atom stereocenters. The fourth-order valence-corrected chi connectivity index (χ4v) is 10.6. The molecule has 0 bridgehead atoms. The van der Waals surface area contributed by atoms with Crippen LogP contribution in [0, 0.1) is 0 Å². The van der Waals surface area contributed by atoms with Crippen molar-refractivity contribution in [1.82, 2.24) is 30.5 Å². The molecule has 0 saturated heterocycles. The number of benzene rings is 6. The second-order valence-corrected chi connectivity index (χ2v) is 22.7. The zero-order chi connectivity index (χ0) is 65.1. The lowest BCUT2D eigenvalue weighted by atomic mass is 9.97. The number of nitrogens with zero attached hydrogens (tertiary/aromatic N) is 7. The number of amides is 3. The van der Waals surface area contributed by atoms with E-state index in [1.807, 2.05) is 66.7 Å². The molecule has 0 aliphatic carbocycles. The first kappa shape index (κ1) is 65.4. The van der Waals surface area contributed by atoms with Gasteiger partial charge >= 0.3 is 0 Å². The van der Waals surface area contributed by atoms with Gasteiger partial charge in [-0.15, -0.1) is 0 Å². The van der Waals surface area contributed by atoms with Gasteiger partial charge in [-0.25, -0.2) is 15.0 Å². The summed E-state index contributed by atoms with van der Waals surface area (Å²) >= 11 is 17.5. The maximum atomic E-state index is 12.9. The number of carbonyl (C=O) groups excluding carboxylic acids is 6. The van der Waals surface area contributed by atoms with E-state index in [0.29, 0.717) is 82.6 Å². The van der Waals surface area contributed by atoms with Crippen molar-refractivity contribution in [2.24, 2.45) is 15.0 Å². The lowest BCUT2D eigenvalue weighted by Gasteiger charge is -2.18. The van der Waals surface area contributed by atoms with E-state index < -0.39 is 0 Å². The molecule has 0 saturated carbocycles. The standard InChI is InChI=1S/C25H23ClN4O2.C24H21ClN4O2.C23H19ClN4O2/c1-2-30-14-13-27-24(30)18-9-7-17(8-10-18)22(31)15-19-5-3-4-6-21(19)25(32)29-23-12-11-20(26)16-28-23;25-19-10-11-22(28-15-19)29-24(31)20-5-2-1-4-18(20)14-21(30)16-6-8-17(9-7-16)23-26-12-3-13-27-23;24-18-9-10-21(27-14-18)28-23(30)19-4-2-1-3-17(19)13-20(29)15-5-7-16(8-6-15)22-25-11-12-26-22/h3-12,16H,2,13-15H2,1H3,(H,28,29,32);1-2,4-11,15H,3,12-14H2,(H,26,27)(H,28,29,31);1-10,14H,11-13H2,(H,25,26)(H,27,28,30). The Bertz CT molecular complexity index is 4260. The first-order valence-corrected chi connectivity index (χ1v) is 31.2. The highest BCUT2D eigenvalue weighted by atomic mass is 35.5. The van der Waals surface area contributed by atoms with E-state index in [4.69, 9.17) is 34.8 Å². The van der Waals surface area contributed by atoms with Gasteiger partial charge in [0, 0.05) is 121 Å². The summed E-state index contributed by atoms with van der Waals surface area (Å²) in [5, 5.41) is 16.2. The van der Waals surface area contributed by atoms with Crippen LogP contribution in [-0.4, -0.2) is 118 Å². The highest BCUT2D eigenvalue weighted by Crippen LogP contribution is 2.22. The average molecular weight is 1300 g/mol. The minimum absolute atomic E-state index is 0.0536. The molecule has 93 heavy (non-hydrogen) atoms. The summed E-state index contributed by atoms with van der Waals surface area (Å²) in [5.41, 5.74) is 7.99. The quantitative estimate of drug-likeness (QED) is 0.0475. The molecule has 0 fully saturated rings. The van der Waals surface area contributed by atoms with Crippen molar-refractivity contribution in [2.45, 2.75) is 32.6 Å². The van der Waals surface area contributed by atoms with E-state index >= 15 is 0 Å². The topological polar surface area (TPSA) is 242 Å². The van der Waals surface area contributed by atoms with E-state index in [2.05, 4.69) is 68.3 Å². The Morgan fingerprint density at radius 2 is 0.785 bits per heavy atom. The molecule has 3 aromatic heterocycles. The first-order chi connectivity index (χ1) is 45.2. The molecule has 21 heteroatoms. The molecular formula is C72H63Cl3N12O6. The Kier molecular flexibility index (Phi) is 22.5. The molecule has 0 spiro atoms. The SMILES string of the molecule is CCN1CCN=C1c1ccc(C(=O)Cc2ccccc2C(=O)Nc2ccc(Cl)cn2)cc1.O=C(Cc1ccccc1C(=O)Nc1ccc(Cl)cn1)c1ccc(C2=NCCCN2)cc1.O=C(Cc1ccccc1C(=O)Nc1ccc(Cl)cn1)c1ccc(C2=NCCN2)cc1. The minimum Gasteiger partial charge on any atom is -0.370 e. The maximum Gasteiger partial charge on any atom is 0.257 e. The van der Waals surface area contributed by atoms with Crippen LogP contribution in [0.25, 0.3) is 0 Å². The number of likely N-dealkylation sites (N-methyl/N-ethyl adjacent to an activating group) is 1. The van der Waals surface area contributed by atoms with Gasteiger partial charge < -0.3 is 31.5 Å². The third-order valence-corrected chi connectivity index (χ3v) is 15.7. The number of amidine groups is 3. The van der Waals surface area contributed by atoms with Crippen molar-refractivity contribution in [3.63, 3.8) is 0 Å². The van der Waals surface area contributed by atoms with E-state index in [1.165, 1.54) is 18.6 Å². The number of carbonyl (C=O) groups is 6. The summed E-state index contributed by atoms with van der Waals surface area (Å²) in [7, 11) is 0. The summed E-state index contributed by atoms with van der Waals surface area (Å²) in [5.74, 6) is 2.73. The molecule has 3 aliphatic heterocycles. The number of hydrogen-bond donors (Lipinski definition) is 5. The third kappa shape index (κ3) is 17.9. The Hall–Kier alpha value is -10.5. The number of halogens is 3. The summed E-state index contributed by atoms with van der Waals surface area (Å²) in [6, 6.07) is 53.3. The predicted molar refractivity (Wildman–Crippen MR) is 366 cm³/mol. The maximum absolute atomic E-state index is 12.9. The summed E-state index contributed by atoms with van der Waals surface area (Å²) in [6.07, 6.45) is 5.78. The van der Waals surface area contributed by atoms with Crippen LogP contribution in [0.2, 0.25) is 15.1 Å². The zero-order valence-electron chi connectivity index (χ0n) is 50.5. The van der Waals surface area contributed by atoms with Gasteiger partial charge in [0.15, 0.2) is 17.3 Å². The highest BCUT2D eigenvalue weighted by Gasteiger charge is 2.22. The Morgan fingerprint density at radius 1 is 0.419 bits per heavy atom. The number of aliphatic imine (C=N–C) groups is 3. The van der Waals surface area contributed by atoms with Crippen LogP contribution < -0.4 is 26.6 Å². The van der Waals surface area contributed by atoms with Gasteiger partial charge in [-0.3, -0.25) is 43.7 Å². The first-order valence-electron chi connectivity index (χ1n) is 30.0. The van der Waals surface area contributed by atoms with Crippen LogP contribution in [0.5, 0.6) is 0 Å². The molecule has 0 radical (unpaired) electrons. The van der Waals surface area contributed by atoms with Crippen molar-refractivity contribution in [3.05, 3.63) is 282 Å². The number of anilines is 3. The number of pyridine rings is 3. The number of aromatic nitrogens is 3. The van der Waals surface area contributed by atoms with Crippen LogP contribution in [-0.2, 0) is 19.3 Å². The predicted octanol–water partition coefficient (Wildman–Crippen LogP) is 12.4. The number of hydrogen-bond acceptors (Lipinski definition) is 15. The largest absolute Gasteiger partial charge is 0.370 e. The monoisotopic (exact) mass is 1300 g/mol. The lowest BCUT2D eigenvalue weighted by molar-refractivity contribution is 0.0980. The minimum atomic E-state index is -0.325. The van der Waals surface area contributed by atoms with Crippen LogP contribution in [0.1, 0.15) is 109 Å². The zero-order valence-corrected chi connectivity index (χ0v) is 52.8. The molecule has 3 aliphatic rings. The second-order valence-electron chi connectivity index (χ2n) is 21.4. The van der Waals surface area contributed by atoms with Crippen LogP contribution >= 0.6 is 34.8 Å². The fraction of sp³-hybridized carbons (Fsp3) is 0.167. The van der Waals surface area contributed by atoms with Gasteiger partial charge in [0.2, 0.25) is 0 Å². The summed E-state index contributed by atoms with van der Waals surface area (Å²) < 4.78 is 0. The van der Waals surface area contributed by atoms with Gasteiger partial charge in [0.05, 0.1) is 28.2 Å². The Labute approximate surface area is 552 Å². The van der Waals surface area contributed by atoms with Gasteiger partial charge in [0.25, 0.3) is 17.7 Å². The smallest absolute Gasteiger partial charge is 0.257 e. The number of Topliss-reactive ketones (excluding diaryl/α,β-unsaturated/α-hetero) is 3. The van der Waals surface area contributed by atoms with E-state index in [0.717, 1.165) is 86.4 Å². The van der Waals surface area contributed by atoms with Gasteiger partial charge in [-0.1, -0.05) is 162 Å². The lowest BCUT2D eigenvalue weighted by Crippen LogP contribution is -2.30. The molecule has 468 valence electrons. The average Bonchev–Trinajstić information content (AvgIpc) is 2.78. The van der Waals surface area contributed by atoms with Crippen molar-refractivity contribution in [1.29, 1.82) is 0 Å². The molecule has 18 nitrogen and oxygen atoms in total. The number of nitrogens with one attached hydrogen (secondary N) is 5. The van der Waals surface area contributed by atoms with Crippen molar-refractivity contribution >= 4 is 105 Å². The van der Waals surface area contributed by atoms with E-state index in [1.54, 1.807) is 115 Å². The molecule has 12 rings (SSSR count). The molecule has 5 N–H and O–H groups in total. The molecule has 6 heterocycles. The molecular weight excluding hydrogens is 1240 g/mol. The van der Waals surface area contributed by atoms with Gasteiger partial charge in [0.1, 0.15) is 35.0 Å². The van der Waals surface area contributed by atoms with Gasteiger partial charge in [-0.05, 0) is 84.6 Å². The van der Waals surface area contributed by atoms with Crippen molar-refractivity contribution in [2.75, 3.05) is 61.8 Å². The molecule has 0 atom stereocenters.